The van der Waals surface area contributed by atoms with E-state index < -0.39 is 22.5 Å². The molecule has 0 aliphatic carbocycles. The fourth-order valence-electron chi connectivity index (χ4n) is 1.64. The van der Waals surface area contributed by atoms with Gasteiger partial charge in [0.1, 0.15) is 23.7 Å². The van der Waals surface area contributed by atoms with E-state index in [0.29, 0.717) is 0 Å². The summed E-state index contributed by atoms with van der Waals surface area (Å²) in [5.41, 5.74) is -0.826. The molecule has 8 heteroatoms. The molecule has 0 unspecified atom stereocenters. The van der Waals surface area contributed by atoms with E-state index in [2.05, 4.69) is 10.3 Å². The van der Waals surface area contributed by atoms with Crippen molar-refractivity contribution >= 4 is 29.1 Å². The quantitative estimate of drug-likeness (QED) is 0.505. The average Bonchev–Trinajstić information content (AvgIpc) is 2.34. The van der Waals surface area contributed by atoms with Crippen LogP contribution in [0, 0.1) is 16.0 Å². The van der Waals surface area contributed by atoms with Crippen LogP contribution in [-0.2, 0) is 9.53 Å². The topological polar surface area (TPSA) is 94.4 Å². The number of pyridine rings is 1. The number of halogens is 1. The van der Waals surface area contributed by atoms with Crippen LogP contribution in [0.2, 0.25) is 5.02 Å². The maximum atomic E-state index is 12.2. The zero-order chi connectivity index (χ0) is 17.1. The number of ether oxygens (including phenoxy) is 1. The largest absolute Gasteiger partial charge is 0.458 e. The molecule has 122 valence electrons. The predicted octanol–water partition coefficient (Wildman–Crippen LogP) is 3.42. The molecule has 7 nitrogen and oxygen atoms in total. The summed E-state index contributed by atoms with van der Waals surface area (Å²) >= 11 is 5.98. The molecule has 1 N–H and O–H groups in total. The van der Waals surface area contributed by atoms with Crippen molar-refractivity contribution in [2.45, 2.75) is 46.3 Å². The lowest BCUT2D eigenvalue weighted by atomic mass is 10.0. The van der Waals surface area contributed by atoms with Crippen molar-refractivity contribution in [2.24, 2.45) is 5.92 Å². The smallest absolute Gasteiger partial charge is 0.329 e. The second-order valence-electron chi connectivity index (χ2n) is 6.18. The lowest BCUT2D eigenvalue weighted by Gasteiger charge is -2.27. The van der Waals surface area contributed by atoms with Gasteiger partial charge in [0, 0.05) is 6.07 Å². The van der Waals surface area contributed by atoms with Crippen molar-refractivity contribution < 1.29 is 14.5 Å². The third-order valence-electron chi connectivity index (χ3n) is 2.66. The van der Waals surface area contributed by atoms with Crippen molar-refractivity contribution in [2.75, 3.05) is 5.32 Å². The van der Waals surface area contributed by atoms with Crippen LogP contribution in [-0.4, -0.2) is 27.5 Å². The van der Waals surface area contributed by atoms with E-state index in [0.717, 1.165) is 6.20 Å². The summed E-state index contributed by atoms with van der Waals surface area (Å²) in [6, 6.07) is 0.522. The molecular weight excluding hydrogens is 310 g/mol. The van der Waals surface area contributed by atoms with Gasteiger partial charge in [-0.15, -0.1) is 0 Å². The second kappa shape index (κ2) is 6.91. The van der Waals surface area contributed by atoms with Gasteiger partial charge in [0.05, 0.1) is 9.95 Å². The Labute approximate surface area is 134 Å². The van der Waals surface area contributed by atoms with Gasteiger partial charge in [0.15, 0.2) is 0 Å². The minimum Gasteiger partial charge on any atom is -0.458 e. The number of carbonyl (C=O) groups is 1. The van der Waals surface area contributed by atoms with Crippen LogP contribution in [0.25, 0.3) is 0 Å². The Morgan fingerprint density at radius 3 is 2.45 bits per heavy atom. The first-order valence-electron chi connectivity index (χ1n) is 6.80. The molecule has 0 saturated carbocycles. The van der Waals surface area contributed by atoms with Crippen LogP contribution in [0.3, 0.4) is 0 Å². The molecule has 0 radical (unpaired) electrons. The molecule has 1 aromatic rings. The zero-order valence-corrected chi connectivity index (χ0v) is 14.0. The normalized spacial score (nSPS) is 12.9. The molecule has 0 saturated heterocycles. The number of nitrogens with one attached hydrogen (secondary N) is 1. The van der Waals surface area contributed by atoms with Gasteiger partial charge in [-0.2, -0.15) is 0 Å². The van der Waals surface area contributed by atoms with Gasteiger partial charge in [0.2, 0.25) is 0 Å². The molecule has 1 heterocycles. The minimum atomic E-state index is -0.661. The highest BCUT2D eigenvalue weighted by Crippen LogP contribution is 2.26. The Bertz CT molecular complexity index is 570. The predicted molar refractivity (Wildman–Crippen MR) is 84.0 cm³/mol. The molecule has 0 aromatic carbocycles. The molecule has 1 atom stereocenters. The van der Waals surface area contributed by atoms with Crippen LogP contribution in [0.5, 0.6) is 0 Å². The van der Waals surface area contributed by atoms with E-state index in [9.17, 15) is 14.9 Å². The van der Waals surface area contributed by atoms with E-state index in [1.165, 1.54) is 6.07 Å². The summed E-state index contributed by atoms with van der Waals surface area (Å²) in [6.07, 6.45) is 1.08. The van der Waals surface area contributed by atoms with E-state index in [4.69, 9.17) is 16.3 Å². The standard InChI is InChI=1S/C14H20ClN3O4/c1-8(2)11(13(19)22-14(3,4)5)17-12-10(15)6-9(7-16-12)18(20)21/h6-8,11H,1-5H3,(H,16,17)/t11-/m1/s1. The number of rotatable bonds is 5. The van der Waals surface area contributed by atoms with Crippen LogP contribution in [0.15, 0.2) is 12.3 Å². The fourth-order valence-corrected chi connectivity index (χ4v) is 1.86. The number of hydrogen-bond acceptors (Lipinski definition) is 6. The van der Waals surface area contributed by atoms with Gasteiger partial charge in [-0.3, -0.25) is 10.1 Å². The molecule has 0 bridgehead atoms. The third-order valence-corrected chi connectivity index (χ3v) is 2.95. The van der Waals surface area contributed by atoms with Gasteiger partial charge in [0.25, 0.3) is 5.69 Å². The van der Waals surface area contributed by atoms with E-state index in [1.54, 1.807) is 20.8 Å². The van der Waals surface area contributed by atoms with E-state index >= 15 is 0 Å². The SMILES string of the molecule is CC(C)[C@@H](Nc1ncc([N+](=O)[O-])cc1Cl)C(=O)OC(C)(C)C. The summed E-state index contributed by atoms with van der Waals surface area (Å²) in [4.78, 5) is 26.2. The number of nitro groups is 1. The van der Waals surface area contributed by atoms with Crippen molar-refractivity contribution in [3.05, 3.63) is 27.4 Å². The molecule has 1 aromatic heterocycles. The Morgan fingerprint density at radius 2 is 2.05 bits per heavy atom. The molecule has 0 amide bonds. The van der Waals surface area contributed by atoms with Crippen molar-refractivity contribution in [1.82, 2.24) is 4.98 Å². The van der Waals surface area contributed by atoms with Gasteiger partial charge in [-0.1, -0.05) is 25.4 Å². The Kier molecular flexibility index (Phi) is 5.71. The lowest BCUT2D eigenvalue weighted by Crippen LogP contribution is -2.40. The molecule has 22 heavy (non-hydrogen) atoms. The van der Waals surface area contributed by atoms with Crippen LogP contribution < -0.4 is 5.32 Å². The summed E-state index contributed by atoms with van der Waals surface area (Å²) < 4.78 is 5.35. The maximum absolute atomic E-state index is 12.2. The number of hydrogen-bond donors (Lipinski definition) is 1. The second-order valence-corrected chi connectivity index (χ2v) is 6.59. The first-order valence-corrected chi connectivity index (χ1v) is 7.18. The monoisotopic (exact) mass is 329 g/mol. The molecule has 0 fully saturated rings. The number of carbonyl (C=O) groups excluding carboxylic acids is 1. The number of anilines is 1. The third kappa shape index (κ3) is 5.14. The van der Waals surface area contributed by atoms with Crippen molar-refractivity contribution in [3.8, 4) is 0 Å². The summed E-state index contributed by atoms with van der Waals surface area (Å²) in [7, 11) is 0. The number of nitrogens with zero attached hydrogens (tertiary/aromatic N) is 2. The summed E-state index contributed by atoms with van der Waals surface area (Å²) in [6.45, 7) is 9.03. The number of esters is 1. The molecule has 1 rings (SSSR count). The van der Waals surface area contributed by atoms with Gasteiger partial charge >= 0.3 is 5.97 Å². The Morgan fingerprint density at radius 1 is 1.45 bits per heavy atom. The zero-order valence-electron chi connectivity index (χ0n) is 13.2. The molecule has 0 aliphatic heterocycles. The highest BCUT2D eigenvalue weighted by Gasteiger charge is 2.28. The molecule has 0 spiro atoms. The van der Waals surface area contributed by atoms with E-state index in [-0.39, 0.29) is 22.4 Å². The highest BCUT2D eigenvalue weighted by atomic mass is 35.5. The van der Waals surface area contributed by atoms with Gasteiger partial charge in [-0.05, 0) is 26.7 Å². The van der Waals surface area contributed by atoms with Crippen LogP contribution >= 0.6 is 11.6 Å². The minimum absolute atomic E-state index is 0.0726. The first-order chi connectivity index (χ1) is 10.0. The van der Waals surface area contributed by atoms with Crippen LogP contribution in [0.1, 0.15) is 34.6 Å². The van der Waals surface area contributed by atoms with Gasteiger partial charge < -0.3 is 10.1 Å². The first kappa shape index (κ1) is 18.2. The molecular formula is C14H20ClN3O4. The average molecular weight is 330 g/mol. The lowest BCUT2D eigenvalue weighted by molar-refractivity contribution is -0.385. The Balaban J connectivity index is 2.97. The maximum Gasteiger partial charge on any atom is 0.329 e. The van der Waals surface area contributed by atoms with Crippen molar-refractivity contribution in [1.29, 1.82) is 0 Å². The fraction of sp³-hybridized carbons (Fsp3) is 0.571. The summed E-state index contributed by atoms with van der Waals surface area (Å²) in [5, 5.41) is 13.6. The van der Waals surface area contributed by atoms with E-state index in [1.807, 2.05) is 13.8 Å². The highest BCUT2D eigenvalue weighted by molar-refractivity contribution is 6.33. The van der Waals surface area contributed by atoms with Gasteiger partial charge in [-0.25, -0.2) is 9.78 Å². The van der Waals surface area contributed by atoms with Crippen LogP contribution in [0.4, 0.5) is 11.5 Å². The Hall–Kier alpha value is -1.89. The summed E-state index contributed by atoms with van der Waals surface area (Å²) in [5.74, 6) is -0.307. The molecule has 0 aliphatic rings. The number of aromatic nitrogens is 1. The van der Waals surface area contributed by atoms with Crippen molar-refractivity contribution in [3.63, 3.8) is 0 Å².